The molecule has 0 saturated carbocycles. The van der Waals surface area contributed by atoms with Crippen molar-refractivity contribution in [1.82, 2.24) is 25.1 Å². The van der Waals surface area contributed by atoms with Crippen molar-refractivity contribution in [2.45, 2.75) is 26.8 Å². The zero-order valence-corrected chi connectivity index (χ0v) is 20.7. The number of rotatable bonds is 7. The average molecular weight is 469 g/mol. The van der Waals surface area contributed by atoms with Gasteiger partial charge in [0, 0.05) is 62.3 Å². The standard InChI is InChI=1S/C28H32N6O/c1-20-14-24(17-25-16-21(2)31-32-25)30-27(15-20)23-6-9-28(29-18-23)34-12-10-33(11-13-34)19-22-4-7-26(35-3)8-5-22/h4-9,14-16,18H,10-13,17,19H2,1-3H3,(H,31,32). The number of hydrogen-bond acceptors (Lipinski definition) is 6. The van der Waals surface area contributed by atoms with Gasteiger partial charge in [0.2, 0.25) is 0 Å². The van der Waals surface area contributed by atoms with Crippen LogP contribution in [0.5, 0.6) is 5.75 Å². The Morgan fingerprint density at radius 1 is 0.914 bits per heavy atom. The highest BCUT2D eigenvalue weighted by Gasteiger charge is 2.18. The number of aryl methyl sites for hydroxylation is 2. The first-order chi connectivity index (χ1) is 17.1. The van der Waals surface area contributed by atoms with Crippen molar-refractivity contribution in [3.05, 3.63) is 89.0 Å². The molecule has 35 heavy (non-hydrogen) atoms. The van der Waals surface area contributed by atoms with Crippen LogP contribution in [0.1, 0.15) is 28.2 Å². The molecule has 0 atom stereocenters. The summed E-state index contributed by atoms with van der Waals surface area (Å²) in [6.07, 6.45) is 2.66. The molecule has 3 aromatic heterocycles. The summed E-state index contributed by atoms with van der Waals surface area (Å²) < 4.78 is 5.26. The summed E-state index contributed by atoms with van der Waals surface area (Å²) >= 11 is 0. The highest BCUT2D eigenvalue weighted by atomic mass is 16.5. The Labute approximate surface area is 206 Å². The molecule has 0 unspecified atom stereocenters. The monoisotopic (exact) mass is 468 g/mol. The van der Waals surface area contributed by atoms with E-state index in [9.17, 15) is 0 Å². The molecule has 4 heterocycles. The van der Waals surface area contributed by atoms with Gasteiger partial charge in [-0.05, 0) is 67.4 Å². The Kier molecular flexibility index (Phi) is 6.77. The summed E-state index contributed by atoms with van der Waals surface area (Å²) in [5, 5.41) is 7.36. The lowest BCUT2D eigenvalue weighted by Crippen LogP contribution is -2.46. The normalized spacial score (nSPS) is 14.3. The number of H-pyrrole nitrogens is 1. The summed E-state index contributed by atoms with van der Waals surface area (Å²) in [6, 6.07) is 18.9. The molecule has 5 rings (SSSR count). The predicted molar refractivity (Wildman–Crippen MR) is 139 cm³/mol. The zero-order chi connectivity index (χ0) is 24.2. The van der Waals surface area contributed by atoms with E-state index >= 15 is 0 Å². The molecule has 0 bridgehead atoms. The van der Waals surface area contributed by atoms with Gasteiger partial charge in [0.15, 0.2) is 0 Å². The summed E-state index contributed by atoms with van der Waals surface area (Å²) in [7, 11) is 1.70. The van der Waals surface area contributed by atoms with E-state index < -0.39 is 0 Å². The van der Waals surface area contributed by atoms with E-state index in [0.29, 0.717) is 6.42 Å². The molecule has 0 aliphatic carbocycles. The van der Waals surface area contributed by atoms with Gasteiger partial charge in [-0.15, -0.1) is 0 Å². The first-order valence-electron chi connectivity index (χ1n) is 12.1. The van der Waals surface area contributed by atoms with Crippen LogP contribution in [0.15, 0.2) is 60.8 Å². The highest BCUT2D eigenvalue weighted by Crippen LogP contribution is 2.23. The van der Waals surface area contributed by atoms with Gasteiger partial charge in [0.25, 0.3) is 0 Å². The molecule has 1 aromatic carbocycles. The topological polar surface area (TPSA) is 70.2 Å². The van der Waals surface area contributed by atoms with Crippen LogP contribution in [0.3, 0.4) is 0 Å². The molecule has 0 radical (unpaired) electrons. The number of anilines is 1. The molecule has 180 valence electrons. The molecule has 7 nitrogen and oxygen atoms in total. The van der Waals surface area contributed by atoms with E-state index in [4.69, 9.17) is 14.7 Å². The van der Waals surface area contributed by atoms with Crippen molar-refractivity contribution in [3.8, 4) is 17.0 Å². The summed E-state index contributed by atoms with van der Waals surface area (Å²) in [5.41, 5.74) is 7.58. The van der Waals surface area contributed by atoms with Gasteiger partial charge in [-0.2, -0.15) is 5.10 Å². The first-order valence-corrected chi connectivity index (χ1v) is 12.1. The van der Waals surface area contributed by atoms with Crippen LogP contribution < -0.4 is 9.64 Å². The van der Waals surface area contributed by atoms with Crippen molar-refractivity contribution in [1.29, 1.82) is 0 Å². The van der Waals surface area contributed by atoms with Crippen LogP contribution in [0, 0.1) is 13.8 Å². The molecule has 1 aliphatic rings. The van der Waals surface area contributed by atoms with E-state index in [1.54, 1.807) is 7.11 Å². The number of benzene rings is 1. The number of aromatic nitrogens is 4. The fraction of sp³-hybridized carbons (Fsp3) is 0.321. The third-order valence-electron chi connectivity index (χ3n) is 6.45. The van der Waals surface area contributed by atoms with Crippen LogP contribution in [0.4, 0.5) is 5.82 Å². The lowest BCUT2D eigenvalue weighted by atomic mass is 10.1. The van der Waals surface area contributed by atoms with E-state index in [2.05, 4.69) is 69.4 Å². The van der Waals surface area contributed by atoms with Crippen LogP contribution in [0.2, 0.25) is 0 Å². The minimum atomic E-state index is 0.714. The average Bonchev–Trinajstić information content (AvgIpc) is 3.29. The molecule has 7 heteroatoms. The molecule has 1 saturated heterocycles. The largest absolute Gasteiger partial charge is 0.497 e. The Hall–Kier alpha value is -3.71. The fourth-order valence-electron chi connectivity index (χ4n) is 4.58. The van der Waals surface area contributed by atoms with Gasteiger partial charge < -0.3 is 9.64 Å². The van der Waals surface area contributed by atoms with E-state index in [1.165, 1.54) is 11.1 Å². The number of hydrogen-bond donors (Lipinski definition) is 1. The number of ether oxygens (including phenoxy) is 1. The minimum Gasteiger partial charge on any atom is -0.497 e. The third kappa shape index (κ3) is 5.69. The molecule has 1 fully saturated rings. The Balaban J connectivity index is 1.21. The van der Waals surface area contributed by atoms with Crippen LogP contribution in [0.25, 0.3) is 11.3 Å². The van der Waals surface area contributed by atoms with Crippen LogP contribution >= 0.6 is 0 Å². The Morgan fingerprint density at radius 3 is 2.37 bits per heavy atom. The van der Waals surface area contributed by atoms with E-state index in [-0.39, 0.29) is 0 Å². The minimum absolute atomic E-state index is 0.714. The first kappa shape index (κ1) is 23.1. The number of piperazine rings is 1. The van der Waals surface area contributed by atoms with Crippen LogP contribution in [-0.2, 0) is 13.0 Å². The highest BCUT2D eigenvalue weighted by molar-refractivity contribution is 5.61. The maximum atomic E-state index is 5.26. The fourth-order valence-corrected chi connectivity index (χ4v) is 4.58. The van der Waals surface area contributed by atoms with Crippen molar-refractivity contribution in [2.24, 2.45) is 0 Å². The molecular formula is C28H32N6O. The van der Waals surface area contributed by atoms with Crippen molar-refractivity contribution in [2.75, 3.05) is 38.2 Å². The van der Waals surface area contributed by atoms with Crippen molar-refractivity contribution >= 4 is 5.82 Å². The maximum Gasteiger partial charge on any atom is 0.128 e. The predicted octanol–water partition coefficient (Wildman–Crippen LogP) is 4.41. The molecule has 0 spiro atoms. The quantitative estimate of drug-likeness (QED) is 0.433. The van der Waals surface area contributed by atoms with Crippen molar-refractivity contribution in [3.63, 3.8) is 0 Å². The summed E-state index contributed by atoms with van der Waals surface area (Å²) in [5.74, 6) is 1.93. The van der Waals surface area contributed by atoms with Gasteiger partial charge >= 0.3 is 0 Å². The molecule has 1 aliphatic heterocycles. The second-order valence-electron chi connectivity index (χ2n) is 9.26. The SMILES string of the molecule is COc1ccc(CN2CCN(c3ccc(-c4cc(C)cc(Cc5cc(C)[nH]n5)n4)cn3)CC2)cc1. The van der Waals surface area contributed by atoms with Gasteiger partial charge in [0.1, 0.15) is 11.6 Å². The van der Waals surface area contributed by atoms with E-state index in [1.807, 2.05) is 25.3 Å². The zero-order valence-electron chi connectivity index (χ0n) is 20.7. The second-order valence-corrected chi connectivity index (χ2v) is 9.26. The van der Waals surface area contributed by atoms with Gasteiger partial charge in [0.05, 0.1) is 18.5 Å². The van der Waals surface area contributed by atoms with Gasteiger partial charge in [-0.1, -0.05) is 12.1 Å². The third-order valence-corrected chi connectivity index (χ3v) is 6.45. The lowest BCUT2D eigenvalue weighted by molar-refractivity contribution is 0.249. The van der Waals surface area contributed by atoms with Gasteiger partial charge in [-0.3, -0.25) is 15.0 Å². The van der Waals surface area contributed by atoms with E-state index in [0.717, 1.165) is 72.6 Å². The Morgan fingerprint density at radius 2 is 1.71 bits per heavy atom. The number of pyridine rings is 2. The molecular weight excluding hydrogens is 436 g/mol. The lowest BCUT2D eigenvalue weighted by Gasteiger charge is -2.35. The van der Waals surface area contributed by atoms with Crippen molar-refractivity contribution < 1.29 is 4.74 Å². The number of aromatic amines is 1. The smallest absolute Gasteiger partial charge is 0.128 e. The van der Waals surface area contributed by atoms with Gasteiger partial charge in [-0.25, -0.2) is 4.98 Å². The molecule has 4 aromatic rings. The molecule has 1 N–H and O–H groups in total. The molecule has 0 amide bonds. The number of nitrogens with zero attached hydrogens (tertiary/aromatic N) is 5. The summed E-state index contributed by atoms with van der Waals surface area (Å²) in [6.45, 7) is 9.06. The number of methoxy groups -OCH3 is 1. The van der Waals surface area contributed by atoms with Crippen LogP contribution in [-0.4, -0.2) is 58.4 Å². The summed E-state index contributed by atoms with van der Waals surface area (Å²) in [4.78, 5) is 14.5. The Bertz CT molecular complexity index is 1260. The second kappa shape index (κ2) is 10.3. The maximum absolute atomic E-state index is 5.26. The number of nitrogens with one attached hydrogen (secondary N) is 1.